The molecule has 4 rings (SSSR count). The van der Waals surface area contributed by atoms with Gasteiger partial charge < -0.3 is 10.6 Å². The number of nitrogens with one attached hydrogen (secondary N) is 3. The van der Waals surface area contributed by atoms with E-state index in [0.717, 1.165) is 54.3 Å². The molecule has 1 saturated heterocycles. The summed E-state index contributed by atoms with van der Waals surface area (Å²) in [5.74, 6) is 0.760. The third-order valence-corrected chi connectivity index (χ3v) is 4.40. The lowest BCUT2D eigenvalue weighted by Gasteiger charge is -2.33. The second-order valence-electron chi connectivity index (χ2n) is 5.99. The van der Waals surface area contributed by atoms with Crippen molar-refractivity contribution in [2.24, 2.45) is 0 Å². The lowest BCUT2D eigenvalue weighted by atomic mass is 10.2. The second-order valence-corrected chi connectivity index (χ2v) is 5.99. The maximum atomic E-state index is 4.74. The number of anilines is 1. The molecule has 3 aromatic rings. The monoisotopic (exact) mass is 324 g/mol. The number of aromatic amines is 1. The zero-order chi connectivity index (χ0) is 16.4. The van der Waals surface area contributed by atoms with Crippen LogP contribution in [-0.4, -0.2) is 69.3 Å². The Labute approximate surface area is 139 Å². The summed E-state index contributed by atoms with van der Waals surface area (Å²) in [7, 11) is 2.15. The van der Waals surface area contributed by atoms with Crippen molar-refractivity contribution in [1.82, 2.24) is 35.4 Å². The number of fused-ring (bicyclic) bond motifs is 1. The molecule has 0 saturated carbocycles. The van der Waals surface area contributed by atoms with Gasteiger partial charge in [0.2, 0.25) is 0 Å². The fourth-order valence-electron chi connectivity index (χ4n) is 2.94. The largest absolute Gasteiger partial charge is 0.367 e. The summed E-state index contributed by atoms with van der Waals surface area (Å²) in [6, 6.07) is 2.36. The molecular formula is C16H20N8. The molecule has 0 amide bonds. The van der Waals surface area contributed by atoms with Gasteiger partial charge in [-0.05, 0) is 13.1 Å². The zero-order valence-corrected chi connectivity index (χ0v) is 13.5. The molecule has 1 fully saturated rings. The minimum Gasteiger partial charge on any atom is -0.367 e. The van der Waals surface area contributed by atoms with E-state index in [1.807, 2.05) is 12.3 Å². The maximum absolute atomic E-state index is 4.74. The summed E-state index contributed by atoms with van der Waals surface area (Å²) in [6.07, 6.45) is 6.98. The highest BCUT2D eigenvalue weighted by molar-refractivity contribution is 5.88. The first-order chi connectivity index (χ1) is 11.8. The number of aromatic nitrogens is 5. The van der Waals surface area contributed by atoms with Gasteiger partial charge in [0.15, 0.2) is 5.82 Å². The Bertz CT molecular complexity index is 816. The Hall–Kier alpha value is -2.58. The van der Waals surface area contributed by atoms with Crippen molar-refractivity contribution in [3.63, 3.8) is 0 Å². The minimum atomic E-state index is 0.421. The predicted octanol–water partition coefficient (Wildman–Crippen LogP) is 0.730. The molecule has 0 bridgehead atoms. The molecule has 0 spiro atoms. The van der Waals surface area contributed by atoms with Crippen LogP contribution in [0.2, 0.25) is 0 Å². The van der Waals surface area contributed by atoms with E-state index in [1.165, 1.54) is 0 Å². The number of pyridine rings is 1. The smallest absolute Gasteiger partial charge is 0.154 e. The molecule has 1 atom stereocenters. The van der Waals surface area contributed by atoms with E-state index in [1.54, 1.807) is 18.6 Å². The van der Waals surface area contributed by atoms with Gasteiger partial charge in [-0.25, -0.2) is 9.97 Å². The van der Waals surface area contributed by atoms with Crippen molar-refractivity contribution in [2.75, 3.05) is 38.5 Å². The molecule has 124 valence electrons. The third-order valence-electron chi connectivity index (χ3n) is 4.40. The average molecular weight is 324 g/mol. The predicted molar refractivity (Wildman–Crippen MR) is 92.7 cm³/mol. The summed E-state index contributed by atoms with van der Waals surface area (Å²) in [5.41, 5.74) is 3.37. The fourth-order valence-corrected chi connectivity index (χ4v) is 2.94. The molecule has 8 nitrogen and oxygen atoms in total. The summed E-state index contributed by atoms with van der Waals surface area (Å²) in [6.45, 7) is 3.86. The molecule has 0 aliphatic carbocycles. The second kappa shape index (κ2) is 6.50. The van der Waals surface area contributed by atoms with Crippen LogP contribution in [0, 0.1) is 0 Å². The molecule has 3 aromatic heterocycles. The molecule has 24 heavy (non-hydrogen) atoms. The lowest BCUT2D eigenvalue weighted by Crippen LogP contribution is -2.52. The van der Waals surface area contributed by atoms with Crippen LogP contribution in [-0.2, 0) is 0 Å². The SMILES string of the molecule is CN1CCNC[C@H]1CNc1nc(-c2cn[nH]c2)cc2nccnc12. The third kappa shape index (κ3) is 2.93. The van der Waals surface area contributed by atoms with E-state index < -0.39 is 0 Å². The number of hydrogen-bond acceptors (Lipinski definition) is 7. The molecule has 4 heterocycles. The van der Waals surface area contributed by atoms with E-state index in [4.69, 9.17) is 4.98 Å². The van der Waals surface area contributed by atoms with E-state index >= 15 is 0 Å². The number of likely N-dealkylation sites (N-methyl/N-ethyl adjacent to an activating group) is 1. The van der Waals surface area contributed by atoms with E-state index in [0.29, 0.717) is 6.04 Å². The molecule has 0 radical (unpaired) electrons. The van der Waals surface area contributed by atoms with Gasteiger partial charge in [-0.1, -0.05) is 0 Å². The van der Waals surface area contributed by atoms with Crippen molar-refractivity contribution >= 4 is 16.9 Å². The maximum Gasteiger partial charge on any atom is 0.154 e. The van der Waals surface area contributed by atoms with Gasteiger partial charge in [-0.15, -0.1) is 0 Å². The number of piperazine rings is 1. The topological polar surface area (TPSA) is 94.7 Å². The van der Waals surface area contributed by atoms with Crippen LogP contribution in [0.4, 0.5) is 5.82 Å². The number of hydrogen-bond donors (Lipinski definition) is 3. The van der Waals surface area contributed by atoms with E-state index in [2.05, 4.69) is 42.7 Å². The van der Waals surface area contributed by atoms with Gasteiger partial charge >= 0.3 is 0 Å². The Balaban J connectivity index is 1.65. The molecular weight excluding hydrogens is 304 g/mol. The average Bonchev–Trinajstić information content (AvgIpc) is 3.15. The Morgan fingerprint density at radius 1 is 1.33 bits per heavy atom. The van der Waals surface area contributed by atoms with E-state index in [9.17, 15) is 0 Å². The first kappa shape index (κ1) is 15.0. The highest BCUT2D eigenvalue weighted by Crippen LogP contribution is 2.24. The van der Waals surface area contributed by atoms with Gasteiger partial charge in [-0.3, -0.25) is 15.0 Å². The zero-order valence-electron chi connectivity index (χ0n) is 13.5. The molecule has 3 N–H and O–H groups in total. The Kier molecular flexibility index (Phi) is 4.06. The van der Waals surface area contributed by atoms with Gasteiger partial charge in [0.05, 0.1) is 17.4 Å². The van der Waals surface area contributed by atoms with Crippen LogP contribution >= 0.6 is 0 Å². The minimum absolute atomic E-state index is 0.421. The summed E-state index contributed by atoms with van der Waals surface area (Å²) in [4.78, 5) is 16.0. The van der Waals surface area contributed by atoms with Gasteiger partial charge in [0, 0.05) is 56.4 Å². The van der Waals surface area contributed by atoms with Crippen molar-refractivity contribution in [1.29, 1.82) is 0 Å². The van der Waals surface area contributed by atoms with Crippen LogP contribution in [0.5, 0.6) is 0 Å². The first-order valence-corrected chi connectivity index (χ1v) is 8.07. The van der Waals surface area contributed by atoms with Crippen molar-refractivity contribution in [3.05, 3.63) is 30.9 Å². The van der Waals surface area contributed by atoms with Crippen LogP contribution < -0.4 is 10.6 Å². The van der Waals surface area contributed by atoms with Crippen molar-refractivity contribution in [2.45, 2.75) is 6.04 Å². The van der Waals surface area contributed by atoms with E-state index in [-0.39, 0.29) is 0 Å². The van der Waals surface area contributed by atoms with Crippen LogP contribution in [0.25, 0.3) is 22.3 Å². The molecule has 1 aliphatic heterocycles. The number of H-pyrrole nitrogens is 1. The van der Waals surface area contributed by atoms with Crippen LogP contribution in [0.1, 0.15) is 0 Å². The van der Waals surface area contributed by atoms with Crippen molar-refractivity contribution in [3.8, 4) is 11.3 Å². The van der Waals surface area contributed by atoms with Crippen LogP contribution in [0.3, 0.4) is 0 Å². The highest BCUT2D eigenvalue weighted by atomic mass is 15.2. The molecule has 8 heteroatoms. The van der Waals surface area contributed by atoms with Gasteiger partial charge in [0.1, 0.15) is 5.52 Å². The van der Waals surface area contributed by atoms with Gasteiger partial charge in [0.25, 0.3) is 0 Å². The first-order valence-electron chi connectivity index (χ1n) is 8.07. The summed E-state index contributed by atoms with van der Waals surface area (Å²) >= 11 is 0. The molecule has 0 unspecified atom stereocenters. The fraction of sp³-hybridized carbons (Fsp3) is 0.375. The lowest BCUT2D eigenvalue weighted by molar-refractivity contribution is 0.209. The Morgan fingerprint density at radius 3 is 3.08 bits per heavy atom. The summed E-state index contributed by atoms with van der Waals surface area (Å²) in [5, 5.41) is 13.7. The van der Waals surface area contributed by atoms with Crippen LogP contribution in [0.15, 0.2) is 30.9 Å². The van der Waals surface area contributed by atoms with Crippen molar-refractivity contribution < 1.29 is 0 Å². The molecule has 1 aliphatic rings. The quantitative estimate of drug-likeness (QED) is 0.651. The standard InChI is InChI=1S/C16H20N8/c1-24-5-4-17-9-12(24)10-20-16-15-14(18-2-3-19-15)6-13(23-16)11-7-21-22-8-11/h2-3,6-8,12,17H,4-5,9-10H2,1H3,(H,20,23)(H,21,22)/t12-/m0/s1. The Morgan fingerprint density at radius 2 is 2.25 bits per heavy atom. The normalized spacial score (nSPS) is 18.8. The highest BCUT2D eigenvalue weighted by Gasteiger charge is 2.19. The van der Waals surface area contributed by atoms with Gasteiger partial charge in [-0.2, -0.15) is 5.10 Å². The molecule has 0 aromatic carbocycles. The number of rotatable bonds is 4. The number of nitrogens with zero attached hydrogens (tertiary/aromatic N) is 5. The summed E-state index contributed by atoms with van der Waals surface area (Å²) < 4.78 is 0.